The van der Waals surface area contributed by atoms with Gasteiger partial charge >= 0.3 is 0 Å². The predicted molar refractivity (Wildman–Crippen MR) is 82.0 cm³/mol. The summed E-state index contributed by atoms with van der Waals surface area (Å²) < 4.78 is 32.1. The Morgan fingerprint density at radius 3 is 2.90 bits per heavy atom. The van der Waals surface area contributed by atoms with E-state index in [4.69, 9.17) is 10.5 Å². The lowest BCUT2D eigenvalue weighted by molar-refractivity contribution is 0.127. The fraction of sp³-hybridized carbons (Fsp3) is 0.467. The van der Waals surface area contributed by atoms with Crippen molar-refractivity contribution >= 4 is 10.0 Å². The van der Waals surface area contributed by atoms with Gasteiger partial charge in [0.1, 0.15) is 0 Å². The zero-order chi connectivity index (χ0) is 15.1. The normalized spacial score (nSPS) is 18.2. The third-order valence-corrected chi connectivity index (χ3v) is 4.65. The van der Waals surface area contributed by atoms with E-state index in [1.807, 2.05) is 24.3 Å². The topological polar surface area (TPSA) is 81.4 Å². The van der Waals surface area contributed by atoms with Gasteiger partial charge in [-0.3, -0.25) is 0 Å². The molecule has 1 aromatic carbocycles. The van der Waals surface area contributed by atoms with E-state index in [0.717, 1.165) is 24.0 Å². The number of benzene rings is 1. The predicted octanol–water partition coefficient (Wildman–Crippen LogP) is 0.595. The molecule has 1 aromatic rings. The van der Waals surface area contributed by atoms with E-state index in [9.17, 15) is 8.42 Å². The highest BCUT2D eigenvalue weighted by Gasteiger charge is 2.23. The minimum Gasteiger partial charge on any atom is -0.377 e. The first kappa shape index (κ1) is 16.0. The molecule has 6 heteroatoms. The van der Waals surface area contributed by atoms with Crippen LogP contribution in [-0.4, -0.2) is 33.4 Å². The maximum atomic E-state index is 12.0. The lowest BCUT2D eigenvalue weighted by Gasteiger charge is -2.12. The highest BCUT2D eigenvalue weighted by atomic mass is 32.2. The van der Waals surface area contributed by atoms with E-state index in [1.54, 1.807) is 0 Å². The van der Waals surface area contributed by atoms with Crippen LogP contribution in [0.1, 0.15) is 24.0 Å². The first-order chi connectivity index (χ1) is 10.1. The summed E-state index contributed by atoms with van der Waals surface area (Å²) in [6.07, 6.45) is 1.55. The quantitative estimate of drug-likeness (QED) is 0.780. The first-order valence-corrected chi connectivity index (χ1v) is 8.62. The number of nitrogens with two attached hydrogens (primary N) is 1. The number of hydrogen-bond donors (Lipinski definition) is 2. The van der Waals surface area contributed by atoms with Crippen LogP contribution in [0.4, 0.5) is 0 Å². The molecule has 0 radical (unpaired) electrons. The molecule has 114 valence electrons. The van der Waals surface area contributed by atoms with Crippen LogP contribution in [0.3, 0.4) is 0 Å². The van der Waals surface area contributed by atoms with Gasteiger partial charge in [-0.15, -0.1) is 0 Å². The molecular weight excluding hydrogens is 288 g/mol. The number of ether oxygens (including phenoxy) is 1. The van der Waals surface area contributed by atoms with Crippen LogP contribution < -0.4 is 10.5 Å². The Hall–Kier alpha value is -1.39. The Labute approximate surface area is 125 Å². The Morgan fingerprint density at radius 1 is 1.38 bits per heavy atom. The van der Waals surface area contributed by atoms with Crippen molar-refractivity contribution in [2.24, 2.45) is 5.73 Å². The molecule has 5 nitrogen and oxygen atoms in total. The molecule has 1 fully saturated rings. The Balaban J connectivity index is 1.98. The fourth-order valence-electron chi connectivity index (χ4n) is 2.21. The molecule has 0 aromatic heterocycles. The maximum absolute atomic E-state index is 12.0. The fourth-order valence-corrected chi connectivity index (χ4v) is 3.46. The lowest BCUT2D eigenvalue weighted by atomic mass is 10.1. The standard InChI is InChI=1S/C15H20N2O3S/c16-9-3-7-13-5-1-2-6-14(13)11-17-21(18,19)12-15-8-4-10-20-15/h1-2,5-6,15,17H,4,8-12,16H2. The van der Waals surface area contributed by atoms with Gasteiger partial charge in [0.25, 0.3) is 0 Å². The molecule has 1 aliphatic rings. The molecule has 1 unspecified atom stereocenters. The van der Waals surface area contributed by atoms with Gasteiger partial charge in [0.2, 0.25) is 10.0 Å². The number of nitrogens with one attached hydrogen (secondary N) is 1. The van der Waals surface area contributed by atoms with Gasteiger partial charge in [0.05, 0.1) is 18.4 Å². The summed E-state index contributed by atoms with van der Waals surface area (Å²) in [5.41, 5.74) is 7.00. The summed E-state index contributed by atoms with van der Waals surface area (Å²) in [4.78, 5) is 0. The second kappa shape index (κ2) is 7.57. The third kappa shape index (κ3) is 5.14. The minimum atomic E-state index is -3.35. The van der Waals surface area contributed by atoms with Crippen molar-refractivity contribution < 1.29 is 13.2 Å². The summed E-state index contributed by atoms with van der Waals surface area (Å²) in [6, 6.07) is 7.43. The van der Waals surface area contributed by atoms with Gasteiger partial charge in [-0.25, -0.2) is 13.1 Å². The second-order valence-electron chi connectivity index (χ2n) is 4.90. The Bertz CT molecular complexity index is 626. The molecule has 1 atom stereocenters. The minimum absolute atomic E-state index is 0.0175. The molecule has 0 spiro atoms. The number of rotatable bonds is 5. The number of hydrogen-bond acceptors (Lipinski definition) is 4. The van der Waals surface area contributed by atoms with Crippen molar-refractivity contribution in [1.82, 2.24) is 4.72 Å². The van der Waals surface area contributed by atoms with Gasteiger partial charge in [0, 0.05) is 18.7 Å². The molecule has 0 bridgehead atoms. The monoisotopic (exact) mass is 308 g/mol. The van der Waals surface area contributed by atoms with E-state index in [1.165, 1.54) is 0 Å². The van der Waals surface area contributed by atoms with Gasteiger partial charge in [0.15, 0.2) is 0 Å². The Morgan fingerprint density at radius 2 is 2.19 bits per heavy atom. The zero-order valence-electron chi connectivity index (χ0n) is 11.8. The molecule has 0 amide bonds. The summed E-state index contributed by atoms with van der Waals surface area (Å²) in [7, 11) is -3.35. The van der Waals surface area contributed by atoms with Crippen LogP contribution in [0, 0.1) is 11.8 Å². The summed E-state index contributed by atoms with van der Waals surface area (Å²) in [5.74, 6) is 5.75. The molecule has 0 aliphatic carbocycles. The molecule has 3 N–H and O–H groups in total. The van der Waals surface area contributed by atoms with Crippen molar-refractivity contribution in [2.75, 3.05) is 18.9 Å². The first-order valence-electron chi connectivity index (χ1n) is 6.96. The van der Waals surface area contributed by atoms with Crippen molar-refractivity contribution in [2.45, 2.75) is 25.5 Å². The van der Waals surface area contributed by atoms with Gasteiger partial charge in [-0.05, 0) is 24.5 Å². The van der Waals surface area contributed by atoms with Crippen LogP contribution in [0.15, 0.2) is 24.3 Å². The van der Waals surface area contributed by atoms with Crippen LogP contribution in [0.2, 0.25) is 0 Å². The van der Waals surface area contributed by atoms with Crippen LogP contribution in [-0.2, 0) is 21.3 Å². The van der Waals surface area contributed by atoms with Crippen molar-refractivity contribution in [3.63, 3.8) is 0 Å². The lowest BCUT2D eigenvalue weighted by Crippen LogP contribution is -2.31. The molecular formula is C15H20N2O3S. The molecule has 1 aliphatic heterocycles. The van der Waals surface area contributed by atoms with E-state index in [-0.39, 0.29) is 24.9 Å². The Kier molecular flexibility index (Phi) is 5.76. The maximum Gasteiger partial charge on any atom is 0.214 e. The van der Waals surface area contributed by atoms with E-state index >= 15 is 0 Å². The average Bonchev–Trinajstić information content (AvgIpc) is 2.96. The smallest absolute Gasteiger partial charge is 0.214 e. The van der Waals surface area contributed by atoms with Crippen LogP contribution in [0.25, 0.3) is 0 Å². The molecule has 1 saturated heterocycles. The number of sulfonamides is 1. The van der Waals surface area contributed by atoms with E-state index < -0.39 is 10.0 Å². The van der Waals surface area contributed by atoms with Gasteiger partial charge in [-0.2, -0.15) is 0 Å². The van der Waals surface area contributed by atoms with Crippen molar-refractivity contribution in [3.8, 4) is 11.8 Å². The van der Waals surface area contributed by atoms with Gasteiger partial charge < -0.3 is 10.5 Å². The third-order valence-electron chi connectivity index (χ3n) is 3.25. The van der Waals surface area contributed by atoms with Crippen LogP contribution in [0.5, 0.6) is 0 Å². The van der Waals surface area contributed by atoms with Crippen molar-refractivity contribution in [3.05, 3.63) is 35.4 Å². The molecule has 1 heterocycles. The largest absolute Gasteiger partial charge is 0.377 e. The zero-order valence-corrected chi connectivity index (χ0v) is 12.7. The molecule has 21 heavy (non-hydrogen) atoms. The van der Waals surface area contributed by atoms with Crippen molar-refractivity contribution in [1.29, 1.82) is 0 Å². The highest BCUT2D eigenvalue weighted by Crippen LogP contribution is 2.14. The molecule has 0 saturated carbocycles. The van der Waals surface area contributed by atoms with E-state index in [2.05, 4.69) is 16.6 Å². The summed E-state index contributed by atoms with van der Waals surface area (Å²) >= 11 is 0. The highest BCUT2D eigenvalue weighted by molar-refractivity contribution is 7.89. The average molecular weight is 308 g/mol. The van der Waals surface area contributed by atoms with E-state index in [0.29, 0.717) is 6.61 Å². The summed E-state index contributed by atoms with van der Waals surface area (Å²) in [6.45, 7) is 1.15. The van der Waals surface area contributed by atoms with Crippen LogP contribution >= 0.6 is 0 Å². The molecule has 2 rings (SSSR count). The van der Waals surface area contributed by atoms with Gasteiger partial charge in [-0.1, -0.05) is 30.0 Å². The SMILES string of the molecule is NCC#Cc1ccccc1CNS(=O)(=O)CC1CCCO1. The second-order valence-corrected chi connectivity index (χ2v) is 6.75. The summed E-state index contributed by atoms with van der Waals surface area (Å²) in [5, 5.41) is 0.